The average Bonchev–Trinajstić information content (AvgIpc) is 2.59. The van der Waals surface area contributed by atoms with E-state index in [0.717, 1.165) is 23.7 Å². The van der Waals surface area contributed by atoms with Crippen LogP contribution in [0.5, 0.6) is 0 Å². The molecule has 0 heteroatoms. The van der Waals surface area contributed by atoms with Crippen LogP contribution in [-0.4, -0.2) is 0 Å². The van der Waals surface area contributed by atoms with Gasteiger partial charge < -0.3 is 0 Å². The Balaban J connectivity index is 0.000000228. The third-order valence-corrected chi connectivity index (χ3v) is 6.27. The smallest absolute Gasteiger partial charge is 0.0386 e. The monoisotopic (exact) mass is 308 g/mol. The standard InChI is InChI=1S/C13H24.C7H14.C2H6/c1-11-7-9-13(10-8-11)12-5-3-2-4-6-12;1-7-5-3-2-4-6-7;1-2/h11-13H,2-10H2,1H3;7H,2-6H2,1H3;1-2H3. The Kier molecular flexibility index (Phi) is 11.3. The lowest BCUT2D eigenvalue weighted by Crippen LogP contribution is -2.22. The zero-order chi connectivity index (χ0) is 16.2. The average molecular weight is 309 g/mol. The summed E-state index contributed by atoms with van der Waals surface area (Å²) < 4.78 is 0. The lowest BCUT2D eigenvalue weighted by molar-refractivity contribution is 0.173. The first-order valence-electron chi connectivity index (χ1n) is 10.8. The third kappa shape index (κ3) is 8.02. The molecule has 0 aromatic heterocycles. The Labute approximate surface area is 141 Å². The summed E-state index contributed by atoms with van der Waals surface area (Å²) in [6, 6.07) is 0. The van der Waals surface area contributed by atoms with Gasteiger partial charge in [-0.1, -0.05) is 105 Å². The van der Waals surface area contributed by atoms with Crippen LogP contribution in [-0.2, 0) is 0 Å². The van der Waals surface area contributed by atoms with Crippen LogP contribution in [0.15, 0.2) is 0 Å². The van der Waals surface area contributed by atoms with Gasteiger partial charge in [0.05, 0.1) is 0 Å². The largest absolute Gasteiger partial charge is 0.0683 e. The van der Waals surface area contributed by atoms with Crippen molar-refractivity contribution in [3.05, 3.63) is 0 Å². The summed E-state index contributed by atoms with van der Waals surface area (Å²) >= 11 is 0. The van der Waals surface area contributed by atoms with Crippen molar-refractivity contribution in [3.8, 4) is 0 Å². The van der Waals surface area contributed by atoms with E-state index in [1.165, 1.54) is 64.2 Å². The van der Waals surface area contributed by atoms with Gasteiger partial charge in [0.1, 0.15) is 0 Å². The van der Waals surface area contributed by atoms with Gasteiger partial charge in [0.25, 0.3) is 0 Å². The molecule has 0 aromatic rings. The minimum absolute atomic E-state index is 1.03. The fourth-order valence-corrected chi connectivity index (χ4v) is 4.67. The zero-order valence-electron chi connectivity index (χ0n) is 16.2. The van der Waals surface area contributed by atoms with Crippen molar-refractivity contribution in [2.75, 3.05) is 0 Å². The molecule has 0 atom stereocenters. The normalized spacial score (nSPS) is 30.5. The highest BCUT2D eigenvalue weighted by Gasteiger charge is 2.26. The summed E-state index contributed by atoms with van der Waals surface area (Å²) in [5.74, 6) is 4.31. The fraction of sp³-hybridized carbons (Fsp3) is 1.00. The molecule has 0 nitrogen and oxygen atoms in total. The van der Waals surface area contributed by atoms with Crippen LogP contribution < -0.4 is 0 Å². The van der Waals surface area contributed by atoms with Crippen molar-refractivity contribution in [1.29, 1.82) is 0 Å². The molecule has 0 spiro atoms. The predicted molar refractivity (Wildman–Crippen MR) is 101 cm³/mol. The highest BCUT2D eigenvalue weighted by molar-refractivity contribution is 4.78. The highest BCUT2D eigenvalue weighted by Crippen LogP contribution is 2.39. The quantitative estimate of drug-likeness (QED) is 0.460. The van der Waals surface area contributed by atoms with Crippen molar-refractivity contribution in [2.24, 2.45) is 23.7 Å². The highest BCUT2D eigenvalue weighted by atomic mass is 14.3. The number of rotatable bonds is 1. The van der Waals surface area contributed by atoms with E-state index in [2.05, 4.69) is 13.8 Å². The second kappa shape index (κ2) is 12.4. The van der Waals surface area contributed by atoms with Crippen molar-refractivity contribution in [2.45, 2.75) is 118 Å². The molecule has 3 aliphatic rings. The maximum atomic E-state index is 2.43. The molecule has 0 radical (unpaired) electrons. The zero-order valence-corrected chi connectivity index (χ0v) is 16.2. The van der Waals surface area contributed by atoms with Crippen LogP contribution >= 0.6 is 0 Å². The Bertz CT molecular complexity index is 224. The summed E-state index contributed by atoms with van der Waals surface area (Å²) in [7, 11) is 0. The molecule has 0 N–H and O–H groups in total. The predicted octanol–water partition coefficient (Wildman–Crippen LogP) is 8.01. The first-order valence-corrected chi connectivity index (χ1v) is 10.8. The van der Waals surface area contributed by atoms with Gasteiger partial charge in [-0.25, -0.2) is 0 Å². The Morgan fingerprint density at radius 1 is 0.409 bits per heavy atom. The first-order chi connectivity index (χ1) is 10.8. The van der Waals surface area contributed by atoms with Gasteiger partial charge in [-0.05, 0) is 36.5 Å². The van der Waals surface area contributed by atoms with E-state index >= 15 is 0 Å². The lowest BCUT2D eigenvalue weighted by atomic mass is 9.71. The van der Waals surface area contributed by atoms with Crippen molar-refractivity contribution >= 4 is 0 Å². The molecule has 0 amide bonds. The molecular formula is C22H44. The van der Waals surface area contributed by atoms with Gasteiger partial charge in [-0.3, -0.25) is 0 Å². The van der Waals surface area contributed by atoms with Crippen LogP contribution in [0, 0.1) is 23.7 Å². The van der Waals surface area contributed by atoms with Gasteiger partial charge in [-0.15, -0.1) is 0 Å². The molecule has 3 rings (SSSR count). The summed E-state index contributed by atoms with van der Waals surface area (Å²) in [6.45, 7) is 8.79. The minimum Gasteiger partial charge on any atom is -0.0683 e. The summed E-state index contributed by atoms with van der Waals surface area (Å²) in [5.41, 5.74) is 0. The van der Waals surface area contributed by atoms with E-state index in [4.69, 9.17) is 0 Å². The molecule has 3 fully saturated rings. The molecule has 3 saturated carbocycles. The van der Waals surface area contributed by atoms with Crippen molar-refractivity contribution < 1.29 is 0 Å². The van der Waals surface area contributed by atoms with Crippen molar-refractivity contribution in [3.63, 3.8) is 0 Å². The molecule has 0 heterocycles. The lowest BCUT2D eigenvalue weighted by Gasteiger charge is -2.34. The first kappa shape index (κ1) is 20.0. The Morgan fingerprint density at radius 3 is 1.18 bits per heavy atom. The molecule has 0 unspecified atom stereocenters. The van der Waals surface area contributed by atoms with E-state index in [1.54, 1.807) is 25.7 Å². The van der Waals surface area contributed by atoms with E-state index in [-0.39, 0.29) is 0 Å². The summed E-state index contributed by atoms with van der Waals surface area (Å²) in [4.78, 5) is 0. The fourth-order valence-electron chi connectivity index (χ4n) is 4.67. The minimum atomic E-state index is 1.03. The molecule has 0 bridgehead atoms. The van der Waals surface area contributed by atoms with Gasteiger partial charge in [0, 0.05) is 0 Å². The number of hydrogen-bond donors (Lipinski definition) is 0. The molecule has 0 saturated heterocycles. The van der Waals surface area contributed by atoms with Crippen LogP contribution in [0.3, 0.4) is 0 Å². The second-order valence-corrected chi connectivity index (χ2v) is 8.16. The SMILES string of the molecule is CC.CC1CCC(C2CCCCC2)CC1.CC1CCCCC1. The van der Waals surface area contributed by atoms with Crippen LogP contribution in [0.1, 0.15) is 118 Å². The molecular weight excluding hydrogens is 264 g/mol. The Morgan fingerprint density at radius 2 is 0.773 bits per heavy atom. The van der Waals surface area contributed by atoms with Gasteiger partial charge in [0.2, 0.25) is 0 Å². The maximum Gasteiger partial charge on any atom is -0.0386 e. The van der Waals surface area contributed by atoms with Crippen LogP contribution in [0.2, 0.25) is 0 Å². The van der Waals surface area contributed by atoms with E-state index in [0.29, 0.717) is 0 Å². The molecule has 132 valence electrons. The van der Waals surface area contributed by atoms with Crippen LogP contribution in [0.25, 0.3) is 0 Å². The summed E-state index contributed by atoms with van der Waals surface area (Å²) in [5, 5.41) is 0. The third-order valence-electron chi connectivity index (χ3n) is 6.27. The van der Waals surface area contributed by atoms with Gasteiger partial charge >= 0.3 is 0 Å². The van der Waals surface area contributed by atoms with E-state index in [9.17, 15) is 0 Å². The van der Waals surface area contributed by atoms with Crippen LogP contribution in [0.4, 0.5) is 0 Å². The van der Waals surface area contributed by atoms with E-state index < -0.39 is 0 Å². The topological polar surface area (TPSA) is 0 Å². The second-order valence-electron chi connectivity index (χ2n) is 8.16. The number of hydrogen-bond acceptors (Lipinski definition) is 0. The maximum absolute atomic E-state index is 2.43. The van der Waals surface area contributed by atoms with E-state index in [1.807, 2.05) is 13.8 Å². The summed E-state index contributed by atoms with van der Waals surface area (Å²) in [6.07, 6.45) is 21.2. The van der Waals surface area contributed by atoms with Crippen molar-refractivity contribution in [1.82, 2.24) is 0 Å². The molecule has 22 heavy (non-hydrogen) atoms. The Hall–Kier alpha value is 0. The molecule has 3 aliphatic carbocycles. The van der Waals surface area contributed by atoms with Gasteiger partial charge in [0.15, 0.2) is 0 Å². The molecule has 0 aromatic carbocycles. The van der Waals surface area contributed by atoms with Gasteiger partial charge in [-0.2, -0.15) is 0 Å². The molecule has 0 aliphatic heterocycles.